The Morgan fingerprint density at radius 2 is 1.90 bits per heavy atom. The molecule has 1 atom stereocenters. The van der Waals surface area contributed by atoms with Crippen LogP contribution in [0.1, 0.15) is 22.3 Å². The lowest BCUT2D eigenvalue weighted by molar-refractivity contribution is 0.0948. The molecule has 7 heteroatoms. The fraction of sp³-hybridized carbons (Fsp3) is 0.273. The van der Waals surface area contributed by atoms with E-state index in [4.69, 9.17) is 0 Å². The van der Waals surface area contributed by atoms with E-state index >= 15 is 0 Å². The van der Waals surface area contributed by atoms with Gasteiger partial charge in [0.25, 0.3) is 5.91 Å². The molecule has 0 saturated carbocycles. The summed E-state index contributed by atoms with van der Waals surface area (Å²) in [7, 11) is 0. The minimum absolute atomic E-state index is 0.125. The number of carbonyl (C=O) groups is 1. The van der Waals surface area contributed by atoms with Gasteiger partial charge in [-0.3, -0.25) is 4.79 Å². The van der Waals surface area contributed by atoms with E-state index in [2.05, 4.69) is 10.4 Å². The van der Waals surface area contributed by atoms with E-state index in [0.717, 1.165) is 30.3 Å². The highest BCUT2D eigenvalue weighted by molar-refractivity contribution is 5.94. The summed E-state index contributed by atoms with van der Waals surface area (Å²) in [6.07, 6.45) is 4.59. The number of hydrogen-bond acceptors (Lipinski definition) is 3. The molecular weight excluding hydrogens is 374 g/mol. The molecule has 1 saturated heterocycles. The maximum atomic E-state index is 13.4. The van der Waals surface area contributed by atoms with Crippen molar-refractivity contribution < 1.29 is 13.6 Å². The van der Waals surface area contributed by atoms with Crippen molar-refractivity contribution >= 4 is 11.6 Å². The summed E-state index contributed by atoms with van der Waals surface area (Å²) in [4.78, 5) is 14.5. The Balaban J connectivity index is 1.31. The molecule has 2 heterocycles. The van der Waals surface area contributed by atoms with Crippen LogP contribution in [-0.2, 0) is 0 Å². The Morgan fingerprint density at radius 3 is 2.59 bits per heavy atom. The molecule has 1 fully saturated rings. The van der Waals surface area contributed by atoms with Crippen LogP contribution in [0.25, 0.3) is 5.69 Å². The van der Waals surface area contributed by atoms with Crippen molar-refractivity contribution in [3.63, 3.8) is 0 Å². The number of halogens is 2. The van der Waals surface area contributed by atoms with Crippen molar-refractivity contribution in [3.05, 3.63) is 77.6 Å². The minimum atomic E-state index is -0.842. The van der Waals surface area contributed by atoms with Gasteiger partial charge in [-0.05, 0) is 61.2 Å². The molecule has 0 spiro atoms. The Hall–Kier alpha value is -3.22. The van der Waals surface area contributed by atoms with Gasteiger partial charge in [-0.1, -0.05) is 0 Å². The third kappa shape index (κ3) is 4.29. The highest BCUT2D eigenvalue weighted by Crippen LogP contribution is 2.25. The van der Waals surface area contributed by atoms with Crippen molar-refractivity contribution in [2.24, 2.45) is 5.92 Å². The first-order valence-corrected chi connectivity index (χ1v) is 9.59. The van der Waals surface area contributed by atoms with Gasteiger partial charge in [0.1, 0.15) is 0 Å². The van der Waals surface area contributed by atoms with Gasteiger partial charge >= 0.3 is 0 Å². The highest BCUT2D eigenvalue weighted by atomic mass is 19.2. The molecule has 1 amide bonds. The third-order valence-electron chi connectivity index (χ3n) is 5.21. The van der Waals surface area contributed by atoms with Crippen LogP contribution in [0.3, 0.4) is 0 Å². The average Bonchev–Trinajstić information content (AvgIpc) is 3.37. The second-order valence-electron chi connectivity index (χ2n) is 7.42. The smallest absolute Gasteiger partial charge is 0.251 e. The molecule has 1 aliphatic heterocycles. The lowest BCUT2D eigenvalue weighted by Crippen LogP contribution is -2.31. The number of nitrogens with zero attached hydrogens (tertiary/aromatic N) is 3. The lowest BCUT2D eigenvalue weighted by atomic mass is 10.1. The normalized spacial score (nSPS) is 16.2. The molecule has 150 valence electrons. The Kier molecular flexibility index (Phi) is 5.29. The molecule has 1 N–H and O–H groups in total. The number of carbonyl (C=O) groups excluding carboxylic acids is 1. The van der Waals surface area contributed by atoms with E-state index in [-0.39, 0.29) is 11.8 Å². The first-order chi connectivity index (χ1) is 14.0. The summed E-state index contributed by atoms with van der Waals surface area (Å²) < 4.78 is 28.3. The fourth-order valence-electron chi connectivity index (χ4n) is 3.57. The van der Waals surface area contributed by atoms with Crippen LogP contribution >= 0.6 is 0 Å². The summed E-state index contributed by atoms with van der Waals surface area (Å²) in [5.74, 6) is -1.55. The van der Waals surface area contributed by atoms with Crippen molar-refractivity contribution in [2.75, 3.05) is 24.5 Å². The number of nitrogens with one attached hydrogen (secondary N) is 1. The van der Waals surface area contributed by atoms with Crippen molar-refractivity contribution in [1.29, 1.82) is 0 Å². The molecule has 1 aromatic heterocycles. The van der Waals surface area contributed by atoms with Crippen LogP contribution in [0, 0.1) is 24.5 Å². The molecule has 3 aromatic rings. The van der Waals surface area contributed by atoms with Gasteiger partial charge in [0, 0.05) is 43.1 Å². The second-order valence-corrected chi connectivity index (χ2v) is 7.42. The first-order valence-electron chi connectivity index (χ1n) is 9.59. The van der Waals surface area contributed by atoms with E-state index in [1.807, 2.05) is 30.2 Å². The average molecular weight is 396 g/mol. The number of benzene rings is 2. The van der Waals surface area contributed by atoms with Crippen LogP contribution < -0.4 is 10.2 Å². The molecule has 2 aromatic carbocycles. The van der Waals surface area contributed by atoms with E-state index in [1.54, 1.807) is 29.1 Å². The van der Waals surface area contributed by atoms with Gasteiger partial charge < -0.3 is 10.2 Å². The molecule has 29 heavy (non-hydrogen) atoms. The van der Waals surface area contributed by atoms with Crippen LogP contribution in [-0.4, -0.2) is 35.3 Å². The van der Waals surface area contributed by atoms with E-state index in [9.17, 15) is 13.6 Å². The van der Waals surface area contributed by atoms with E-state index in [0.29, 0.717) is 24.3 Å². The Morgan fingerprint density at radius 1 is 1.14 bits per heavy atom. The monoisotopic (exact) mass is 396 g/mol. The zero-order valence-corrected chi connectivity index (χ0v) is 16.1. The maximum absolute atomic E-state index is 13.4. The quantitative estimate of drug-likeness (QED) is 0.715. The maximum Gasteiger partial charge on any atom is 0.251 e. The molecule has 0 radical (unpaired) electrons. The zero-order valence-electron chi connectivity index (χ0n) is 16.1. The third-order valence-corrected chi connectivity index (χ3v) is 5.21. The Labute approximate surface area is 168 Å². The van der Waals surface area contributed by atoms with Crippen LogP contribution in [0.4, 0.5) is 14.5 Å². The fourth-order valence-corrected chi connectivity index (χ4v) is 3.57. The number of hydrogen-bond donors (Lipinski definition) is 1. The van der Waals surface area contributed by atoms with Crippen molar-refractivity contribution in [2.45, 2.75) is 13.3 Å². The van der Waals surface area contributed by atoms with E-state index in [1.165, 1.54) is 6.07 Å². The van der Waals surface area contributed by atoms with Crippen LogP contribution in [0.5, 0.6) is 0 Å². The molecule has 1 aliphatic rings. The van der Waals surface area contributed by atoms with Crippen LogP contribution in [0.15, 0.2) is 54.9 Å². The minimum Gasteiger partial charge on any atom is -0.371 e. The Bertz CT molecular complexity index is 1020. The molecular formula is C22H22F2N4O. The van der Waals surface area contributed by atoms with Gasteiger partial charge in [-0.25, -0.2) is 13.5 Å². The summed E-state index contributed by atoms with van der Waals surface area (Å²) in [6, 6.07) is 11.2. The lowest BCUT2D eigenvalue weighted by Gasteiger charge is -2.19. The number of rotatable bonds is 5. The van der Waals surface area contributed by atoms with E-state index < -0.39 is 11.6 Å². The summed E-state index contributed by atoms with van der Waals surface area (Å²) in [5.41, 5.74) is 3.23. The number of aryl methyl sites for hydroxylation is 1. The molecule has 0 bridgehead atoms. The second kappa shape index (κ2) is 8.03. The zero-order chi connectivity index (χ0) is 20.4. The SMILES string of the molecule is Cc1cnn(-c2ccc(C(=O)NCC3CCN(c4ccc(F)c(F)c4)C3)cc2)c1. The number of aromatic nitrogens is 2. The van der Waals surface area contributed by atoms with Gasteiger partial charge in [-0.15, -0.1) is 0 Å². The molecule has 1 unspecified atom stereocenters. The summed E-state index contributed by atoms with van der Waals surface area (Å²) >= 11 is 0. The molecule has 5 nitrogen and oxygen atoms in total. The number of amides is 1. The molecule has 4 rings (SSSR count). The standard InChI is InChI=1S/C22H22F2N4O/c1-15-11-26-28(13-15)18-4-2-17(3-5-18)22(29)25-12-16-8-9-27(14-16)19-6-7-20(23)21(24)10-19/h2-7,10-11,13,16H,8-9,12,14H2,1H3,(H,25,29). The topological polar surface area (TPSA) is 50.2 Å². The molecule has 0 aliphatic carbocycles. The van der Waals surface area contributed by atoms with Crippen molar-refractivity contribution in [1.82, 2.24) is 15.1 Å². The van der Waals surface area contributed by atoms with Gasteiger partial charge in [0.2, 0.25) is 0 Å². The van der Waals surface area contributed by atoms with Crippen molar-refractivity contribution in [3.8, 4) is 5.69 Å². The summed E-state index contributed by atoms with van der Waals surface area (Å²) in [6.45, 7) is 3.97. The largest absolute Gasteiger partial charge is 0.371 e. The predicted octanol–water partition coefficient (Wildman–Crippen LogP) is 3.72. The van der Waals surface area contributed by atoms with Gasteiger partial charge in [-0.2, -0.15) is 5.10 Å². The van der Waals surface area contributed by atoms with Gasteiger partial charge in [0.15, 0.2) is 11.6 Å². The van der Waals surface area contributed by atoms with Crippen LogP contribution in [0.2, 0.25) is 0 Å². The summed E-state index contributed by atoms with van der Waals surface area (Å²) in [5, 5.41) is 7.23. The first kappa shape index (κ1) is 19.1. The predicted molar refractivity (Wildman–Crippen MR) is 107 cm³/mol. The van der Waals surface area contributed by atoms with Gasteiger partial charge in [0.05, 0.1) is 11.9 Å². The highest BCUT2D eigenvalue weighted by Gasteiger charge is 2.24. The number of anilines is 1.